The molecule has 1 aromatic rings. The van der Waals surface area contributed by atoms with Gasteiger partial charge in [0.2, 0.25) is 6.29 Å². The molecule has 0 N–H and O–H groups in total. The first kappa shape index (κ1) is 15.0. The normalized spacial score (nSPS) is 13.7. The van der Waals surface area contributed by atoms with Gasteiger partial charge in [-0.2, -0.15) is 0 Å². The summed E-state index contributed by atoms with van der Waals surface area (Å²) >= 11 is 0. The Balaban J connectivity index is 2.68. The van der Waals surface area contributed by atoms with E-state index in [1.165, 1.54) is 5.56 Å². The standard InChI is InChI=1S/C16H26O2/c1-12(2)17-15(11-16(4,5)6)18-14-9-7-13(3)8-10-14/h7-10,12,15H,11H2,1-6H3. The maximum atomic E-state index is 5.93. The molecular formula is C16H26O2. The number of hydrogen-bond acceptors (Lipinski definition) is 2. The summed E-state index contributed by atoms with van der Waals surface area (Å²) in [6.45, 7) is 12.7. The van der Waals surface area contributed by atoms with E-state index >= 15 is 0 Å². The summed E-state index contributed by atoms with van der Waals surface area (Å²) in [5.41, 5.74) is 1.42. The lowest BCUT2D eigenvalue weighted by atomic mass is 9.92. The van der Waals surface area contributed by atoms with Crippen LogP contribution in [0.25, 0.3) is 0 Å². The van der Waals surface area contributed by atoms with Crippen LogP contribution >= 0.6 is 0 Å². The molecule has 0 radical (unpaired) electrons. The predicted octanol–water partition coefficient (Wildman–Crippen LogP) is 4.56. The first-order chi connectivity index (χ1) is 8.26. The third kappa shape index (κ3) is 6.06. The minimum Gasteiger partial charge on any atom is -0.465 e. The SMILES string of the molecule is Cc1ccc(OC(CC(C)(C)C)OC(C)C)cc1. The van der Waals surface area contributed by atoms with Gasteiger partial charge in [-0.3, -0.25) is 0 Å². The lowest BCUT2D eigenvalue weighted by Crippen LogP contribution is -2.29. The second-order valence-corrected chi connectivity index (χ2v) is 6.31. The fourth-order valence-electron chi connectivity index (χ4n) is 1.69. The van der Waals surface area contributed by atoms with Gasteiger partial charge in [0.1, 0.15) is 5.75 Å². The van der Waals surface area contributed by atoms with E-state index in [-0.39, 0.29) is 17.8 Å². The summed E-state index contributed by atoms with van der Waals surface area (Å²) in [6, 6.07) is 8.10. The zero-order valence-electron chi connectivity index (χ0n) is 12.5. The average Bonchev–Trinajstić information content (AvgIpc) is 2.18. The molecule has 0 spiro atoms. The molecule has 1 rings (SSSR count). The lowest BCUT2D eigenvalue weighted by Gasteiger charge is -2.28. The summed E-state index contributed by atoms with van der Waals surface area (Å²) in [4.78, 5) is 0. The molecule has 0 aliphatic carbocycles. The summed E-state index contributed by atoms with van der Waals surface area (Å²) < 4.78 is 11.8. The Bertz CT molecular complexity index is 346. The maximum Gasteiger partial charge on any atom is 0.200 e. The molecule has 0 saturated heterocycles. The highest BCUT2D eigenvalue weighted by atomic mass is 16.7. The molecule has 1 atom stereocenters. The Kier molecular flexibility index (Phi) is 5.21. The van der Waals surface area contributed by atoms with Gasteiger partial charge in [0.15, 0.2) is 0 Å². The van der Waals surface area contributed by atoms with Crippen molar-refractivity contribution in [3.05, 3.63) is 29.8 Å². The van der Waals surface area contributed by atoms with Gasteiger partial charge in [-0.1, -0.05) is 38.5 Å². The lowest BCUT2D eigenvalue weighted by molar-refractivity contribution is -0.124. The van der Waals surface area contributed by atoms with Crippen molar-refractivity contribution in [1.82, 2.24) is 0 Å². The smallest absolute Gasteiger partial charge is 0.200 e. The molecule has 0 saturated carbocycles. The van der Waals surface area contributed by atoms with Crippen LogP contribution in [0.5, 0.6) is 5.75 Å². The predicted molar refractivity (Wildman–Crippen MR) is 75.9 cm³/mol. The Hall–Kier alpha value is -1.02. The van der Waals surface area contributed by atoms with Crippen molar-refractivity contribution < 1.29 is 9.47 Å². The van der Waals surface area contributed by atoms with E-state index in [1.54, 1.807) is 0 Å². The Morgan fingerprint density at radius 3 is 2.06 bits per heavy atom. The van der Waals surface area contributed by atoms with Crippen molar-refractivity contribution in [1.29, 1.82) is 0 Å². The monoisotopic (exact) mass is 250 g/mol. The highest BCUT2D eigenvalue weighted by Crippen LogP contribution is 2.25. The van der Waals surface area contributed by atoms with Crippen LogP contribution in [0.1, 0.15) is 46.6 Å². The number of hydrogen-bond donors (Lipinski definition) is 0. The average molecular weight is 250 g/mol. The molecular weight excluding hydrogens is 224 g/mol. The van der Waals surface area contributed by atoms with E-state index in [4.69, 9.17) is 9.47 Å². The molecule has 18 heavy (non-hydrogen) atoms. The van der Waals surface area contributed by atoms with Crippen molar-refractivity contribution in [3.63, 3.8) is 0 Å². The number of aryl methyl sites for hydroxylation is 1. The zero-order chi connectivity index (χ0) is 13.8. The van der Waals surface area contributed by atoms with Crippen LogP contribution in [0.4, 0.5) is 0 Å². The van der Waals surface area contributed by atoms with Gasteiger partial charge < -0.3 is 9.47 Å². The minimum atomic E-state index is -0.187. The van der Waals surface area contributed by atoms with Crippen molar-refractivity contribution in [2.24, 2.45) is 5.41 Å². The summed E-state index contributed by atoms with van der Waals surface area (Å²) in [6.07, 6.45) is 0.856. The molecule has 0 aliphatic rings. The topological polar surface area (TPSA) is 18.5 Å². The van der Waals surface area contributed by atoms with E-state index < -0.39 is 0 Å². The number of ether oxygens (including phenoxy) is 2. The van der Waals surface area contributed by atoms with Crippen LogP contribution in [-0.2, 0) is 4.74 Å². The van der Waals surface area contributed by atoms with E-state index in [1.807, 2.05) is 26.0 Å². The minimum absolute atomic E-state index is 0.169. The molecule has 2 nitrogen and oxygen atoms in total. The highest BCUT2D eigenvalue weighted by molar-refractivity contribution is 5.26. The van der Waals surface area contributed by atoms with Crippen molar-refractivity contribution in [2.45, 2.75) is 60.4 Å². The van der Waals surface area contributed by atoms with Gasteiger partial charge in [0, 0.05) is 6.42 Å². The van der Waals surface area contributed by atoms with Gasteiger partial charge in [-0.05, 0) is 38.3 Å². The fourth-order valence-corrected chi connectivity index (χ4v) is 1.69. The molecule has 0 bridgehead atoms. The van der Waals surface area contributed by atoms with Gasteiger partial charge in [-0.25, -0.2) is 0 Å². The largest absolute Gasteiger partial charge is 0.465 e. The second kappa shape index (κ2) is 6.24. The summed E-state index contributed by atoms with van der Waals surface area (Å²) in [5, 5.41) is 0. The molecule has 0 fully saturated rings. The zero-order valence-corrected chi connectivity index (χ0v) is 12.5. The molecule has 2 heteroatoms. The quantitative estimate of drug-likeness (QED) is 0.713. The van der Waals surface area contributed by atoms with Crippen molar-refractivity contribution in [3.8, 4) is 5.75 Å². The van der Waals surface area contributed by atoms with Crippen LogP contribution in [0.15, 0.2) is 24.3 Å². The van der Waals surface area contributed by atoms with Gasteiger partial charge >= 0.3 is 0 Å². The number of benzene rings is 1. The first-order valence-electron chi connectivity index (χ1n) is 6.65. The molecule has 102 valence electrons. The van der Waals surface area contributed by atoms with Crippen molar-refractivity contribution >= 4 is 0 Å². The highest BCUT2D eigenvalue weighted by Gasteiger charge is 2.21. The first-order valence-corrected chi connectivity index (χ1v) is 6.65. The second-order valence-electron chi connectivity index (χ2n) is 6.31. The molecule has 0 amide bonds. The molecule has 1 unspecified atom stereocenters. The Labute approximate surface area is 111 Å². The fraction of sp³-hybridized carbons (Fsp3) is 0.625. The molecule has 0 aromatic heterocycles. The van der Waals surface area contributed by atoms with E-state index in [2.05, 4.69) is 39.8 Å². The van der Waals surface area contributed by atoms with E-state index in [0.29, 0.717) is 0 Å². The third-order valence-electron chi connectivity index (χ3n) is 2.49. The van der Waals surface area contributed by atoms with Crippen LogP contribution in [0, 0.1) is 12.3 Å². The Morgan fingerprint density at radius 1 is 1.06 bits per heavy atom. The van der Waals surface area contributed by atoms with E-state index in [0.717, 1.165) is 12.2 Å². The van der Waals surface area contributed by atoms with Gasteiger partial charge in [0.05, 0.1) is 6.10 Å². The molecule has 0 aliphatic heterocycles. The number of rotatable bonds is 5. The van der Waals surface area contributed by atoms with E-state index in [9.17, 15) is 0 Å². The van der Waals surface area contributed by atoms with Crippen LogP contribution in [0.2, 0.25) is 0 Å². The molecule has 1 aromatic carbocycles. The van der Waals surface area contributed by atoms with Crippen LogP contribution in [-0.4, -0.2) is 12.4 Å². The van der Waals surface area contributed by atoms with Crippen LogP contribution in [0.3, 0.4) is 0 Å². The summed E-state index contributed by atoms with van der Waals surface area (Å²) in [7, 11) is 0. The van der Waals surface area contributed by atoms with Crippen molar-refractivity contribution in [2.75, 3.05) is 0 Å². The van der Waals surface area contributed by atoms with Gasteiger partial charge in [-0.15, -0.1) is 0 Å². The maximum absolute atomic E-state index is 5.93. The third-order valence-corrected chi connectivity index (χ3v) is 2.49. The summed E-state index contributed by atoms with van der Waals surface area (Å²) in [5.74, 6) is 0.871. The molecule has 0 heterocycles. The van der Waals surface area contributed by atoms with Crippen LogP contribution < -0.4 is 4.74 Å². The Morgan fingerprint density at radius 2 is 1.61 bits per heavy atom. The van der Waals surface area contributed by atoms with Gasteiger partial charge in [0.25, 0.3) is 0 Å².